The zero-order chi connectivity index (χ0) is 21.0. The normalized spacial score (nSPS) is 15.1. The van der Waals surface area contributed by atoms with Crippen LogP contribution < -0.4 is 10.1 Å². The fourth-order valence-corrected chi connectivity index (χ4v) is 4.96. The van der Waals surface area contributed by atoms with Crippen LogP contribution in [0.5, 0.6) is 5.75 Å². The highest BCUT2D eigenvalue weighted by molar-refractivity contribution is 7.89. The second-order valence-corrected chi connectivity index (χ2v) is 9.47. The molecule has 29 heavy (non-hydrogen) atoms. The van der Waals surface area contributed by atoms with Crippen LogP contribution >= 0.6 is 0 Å². The maximum Gasteiger partial charge on any atom is 0.262 e. The lowest BCUT2D eigenvalue weighted by Crippen LogP contribution is -2.35. The number of sulfonamides is 1. The molecule has 0 radical (unpaired) electrons. The molecule has 1 amide bonds. The Morgan fingerprint density at radius 2 is 1.69 bits per heavy atom. The molecule has 1 aliphatic rings. The van der Waals surface area contributed by atoms with E-state index < -0.39 is 10.0 Å². The summed E-state index contributed by atoms with van der Waals surface area (Å²) in [5, 5.41) is 2.81. The van der Waals surface area contributed by atoms with Crippen LogP contribution in [0.25, 0.3) is 0 Å². The predicted octanol–water partition coefficient (Wildman–Crippen LogP) is 3.80. The monoisotopic (exact) mass is 416 g/mol. The van der Waals surface area contributed by atoms with Crippen molar-refractivity contribution in [3.63, 3.8) is 0 Å². The van der Waals surface area contributed by atoms with Gasteiger partial charge in [-0.1, -0.05) is 12.5 Å². The van der Waals surface area contributed by atoms with Crippen molar-refractivity contribution >= 4 is 21.6 Å². The topological polar surface area (TPSA) is 75.7 Å². The Bertz CT molecular complexity index is 996. The molecule has 0 spiro atoms. The third kappa shape index (κ3) is 5.16. The Hall–Kier alpha value is -2.38. The molecule has 156 valence electrons. The summed E-state index contributed by atoms with van der Waals surface area (Å²) >= 11 is 0. The molecular weight excluding hydrogens is 388 g/mol. The number of piperidine rings is 1. The number of ether oxygens (including phenoxy) is 1. The number of aryl methyl sites for hydroxylation is 3. The van der Waals surface area contributed by atoms with Crippen LogP contribution in [-0.4, -0.2) is 38.3 Å². The van der Waals surface area contributed by atoms with Crippen LogP contribution in [0.15, 0.2) is 41.3 Å². The highest BCUT2D eigenvalue weighted by atomic mass is 32.2. The van der Waals surface area contributed by atoms with E-state index in [-0.39, 0.29) is 17.4 Å². The summed E-state index contributed by atoms with van der Waals surface area (Å²) < 4.78 is 32.7. The summed E-state index contributed by atoms with van der Waals surface area (Å²) in [4.78, 5) is 12.5. The first kappa shape index (κ1) is 21.3. The van der Waals surface area contributed by atoms with Crippen molar-refractivity contribution in [1.29, 1.82) is 0 Å². The van der Waals surface area contributed by atoms with Crippen LogP contribution in [0.1, 0.15) is 36.0 Å². The predicted molar refractivity (Wildman–Crippen MR) is 114 cm³/mol. The fourth-order valence-electron chi connectivity index (χ4n) is 3.36. The third-order valence-corrected chi connectivity index (χ3v) is 7.14. The van der Waals surface area contributed by atoms with Gasteiger partial charge in [0.1, 0.15) is 5.75 Å². The Labute approximate surface area is 172 Å². The maximum absolute atomic E-state index is 12.8. The van der Waals surface area contributed by atoms with Gasteiger partial charge in [-0.15, -0.1) is 0 Å². The van der Waals surface area contributed by atoms with E-state index in [1.165, 1.54) is 0 Å². The standard InChI is InChI=1S/C22H28N2O4S/c1-16-7-8-19(13-17(16)2)23-22(25)15-28-21-10-9-20(14-18(21)3)29(26,27)24-11-5-4-6-12-24/h7-10,13-14H,4-6,11-12,15H2,1-3H3,(H,23,25). The molecule has 1 heterocycles. The van der Waals surface area contributed by atoms with E-state index in [9.17, 15) is 13.2 Å². The number of nitrogens with zero attached hydrogens (tertiary/aromatic N) is 1. The van der Waals surface area contributed by atoms with Gasteiger partial charge in [0.05, 0.1) is 4.90 Å². The number of hydrogen-bond donors (Lipinski definition) is 1. The van der Waals surface area contributed by atoms with Crippen molar-refractivity contribution in [1.82, 2.24) is 4.31 Å². The molecule has 0 aromatic heterocycles. The van der Waals surface area contributed by atoms with Crippen molar-refractivity contribution < 1.29 is 17.9 Å². The van der Waals surface area contributed by atoms with Gasteiger partial charge in [-0.3, -0.25) is 4.79 Å². The van der Waals surface area contributed by atoms with E-state index in [0.29, 0.717) is 24.4 Å². The largest absolute Gasteiger partial charge is 0.483 e. The lowest BCUT2D eigenvalue weighted by Gasteiger charge is -2.26. The lowest BCUT2D eigenvalue weighted by atomic mass is 10.1. The Balaban J connectivity index is 1.63. The van der Waals surface area contributed by atoms with Crippen LogP contribution in [-0.2, 0) is 14.8 Å². The van der Waals surface area contributed by atoms with Gasteiger partial charge in [0, 0.05) is 18.8 Å². The number of rotatable bonds is 6. The average molecular weight is 417 g/mol. The van der Waals surface area contributed by atoms with Crippen molar-refractivity contribution in [2.24, 2.45) is 0 Å². The number of amides is 1. The van der Waals surface area contributed by atoms with E-state index in [1.54, 1.807) is 29.4 Å². The smallest absolute Gasteiger partial charge is 0.262 e. The number of carbonyl (C=O) groups excluding carboxylic acids is 1. The SMILES string of the molecule is Cc1ccc(NC(=O)COc2ccc(S(=O)(=O)N3CCCCC3)cc2C)cc1C. The Kier molecular flexibility index (Phi) is 6.59. The van der Waals surface area contributed by atoms with E-state index in [4.69, 9.17) is 4.74 Å². The van der Waals surface area contributed by atoms with Crippen LogP contribution in [0.4, 0.5) is 5.69 Å². The molecule has 1 aliphatic heterocycles. The second-order valence-electron chi connectivity index (χ2n) is 7.53. The zero-order valence-electron chi connectivity index (χ0n) is 17.2. The Morgan fingerprint density at radius 3 is 2.34 bits per heavy atom. The quantitative estimate of drug-likeness (QED) is 0.777. The fraction of sp³-hybridized carbons (Fsp3) is 0.409. The van der Waals surface area contributed by atoms with E-state index in [2.05, 4.69) is 5.32 Å². The average Bonchev–Trinajstić information content (AvgIpc) is 2.70. The van der Waals surface area contributed by atoms with E-state index >= 15 is 0 Å². The van der Waals surface area contributed by atoms with Gasteiger partial charge in [-0.25, -0.2) is 8.42 Å². The number of hydrogen-bond acceptors (Lipinski definition) is 4. The summed E-state index contributed by atoms with van der Waals surface area (Å²) in [6, 6.07) is 10.5. The third-order valence-electron chi connectivity index (χ3n) is 5.25. The minimum absolute atomic E-state index is 0.147. The summed E-state index contributed by atoms with van der Waals surface area (Å²) in [5.41, 5.74) is 3.67. The number of carbonyl (C=O) groups is 1. The summed E-state index contributed by atoms with van der Waals surface area (Å²) in [7, 11) is -3.48. The second kappa shape index (κ2) is 8.97. The van der Waals surface area contributed by atoms with E-state index in [1.807, 2.05) is 32.0 Å². The Morgan fingerprint density at radius 1 is 0.966 bits per heavy atom. The molecule has 3 rings (SSSR count). The summed E-state index contributed by atoms with van der Waals surface area (Å²) in [6.07, 6.45) is 2.87. The first-order valence-corrected chi connectivity index (χ1v) is 11.3. The molecular formula is C22H28N2O4S. The van der Waals surface area contributed by atoms with E-state index in [0.717, 1.165) is 36.1 Å². The highest BCUT2D eigenvalue weighted by Gasteiger charge is 2.26. The van der Waals surface area contributed by atoms with Gasteiger partial charge < -0.3 is 10.1 Å². The molecule has 2 aromatic carbocycles. The van der Waals surface area contributed by atoms with Crippen molar-refractivity contribution in [2.45, 2.75) is 44.9 Å². The molecule has 1 N–H and O–H groups in total. The van der Waals surface area contributed by atoms with Gasteiger partial charge >= 0.3 is 0 Å². The zero-order valence-corrected chi connectivity index (χ0v) is 18.0. The van der Waals surface area contributed by atoms with Crippen molar-refractivity contribution in [3.8, 4) is 5.75 Å². The minimum atomic E-state index is -3.48. The van der Waals surface area contributed by atoms with Gasteiger partial charge in [0.15, 0.2) is 6.61 Å². The van der Waals surface area contributed by atoms with Crippen LogP contribution in [0.2, 0.25) is 0 Å². The van der Waals surface area contributed by atoms with Crippen molar-refractivity contribution in [3.05, 3.63) is 53.1 Å². The number of benzene rings is 2. The molecule has 2 aromatic rings. The summed E-state index contributed by atoms with van der Waals surface area (Å²) in [6.45, 7) is 6.78. The number of nitrogens with one attached hydrogen (secondary N) is 1. The number of anilines is 1. The molecule has 1 saturated heterocycles. The van der Waals surface area contributed by atoms with Gasteiger partial charge in [0.25, 0.3) is 5.91 Å². The molecule has 0 atom stereocenters. The van der Waals surface area contributed by atoms with Gasteiger partial charge in [-0.2, -0.15) is 4.31 Å². The molecule has 0 unspecified atom stereocenters. The molecule has 0 aliphatic carbocycles. The van der Waals surface area contributed by atoms with Crippen LogP contribution in [0, 0.1) is 20.8 Å². The van der Waals surface area contributed by atoms with Crippen LogP contribution in [0.3, 0.4) is 0 Å². The van der Waals surface area contributed by atoms with Gasteiger partial charge in [-0.05, 0) is 80.6 Å². The molecule has 1 fully saturated rings. The first-order chi connectivity index (χ1) is 13.8. The highest BCUT2D eigenvalue weighted by Crippen LogP contribution is 2.26. The maximum atomic E-state index is 12.8. The molecule has 7 heteroatoms. The lowest BCUT2D eigenvalue weighted by molar-refractivity contribution is -0.118. The molecule has 0 saturated carbocycles. The van der Waals surface area contributed by atoms with Crippen molar-refractivity contribution in [2.75, 3.05) is 25.0 Å². The first-order valence-electron chi connectivity index (χ1n) is 9.88. The molecule has 6 nitrogen and oxygen atoms in total. The summed E-state index contributed by atoms with van der Waals surface area (Å²) in [5.74, 6) is 0.232. The molecule has 0 bridgehead atoms. The minimum Gasteiger partial charge on any atom is -0.483 e. The van der Waals surface area contributed by atoms with Gasteiger partial charge in [0.2, 0.25) is 10.0 Å².